The summed E-state index contributed by atoms with van der Waals surface area (Å²) in [5.41, 5.74) is 0.706. The molecule has 0 spiro atoms. The summed E-state index contributed by atoms with van der Waals surface area (Å²) in [5.74, 6) is -2.29. The Morgan fingerprint density at radius 1 is 0.947 bits per heavy atom. The van der Waals surface area contributed by atoms with Crippen molar-refractivity contribution in [1.29, 1.82) is 0 Å². The van der Waals surface area contributed by atoms with E-state index in [1.54, 1.807) is 25.6 Å². The number of amides is 4. The van der Waals surface area contributed by atoms with E-state index in [4.69, 9.17) is 14.9 Å². The summed E-state index contributed by atoms with van der Waals surface area (Å²) in [5, 5.41) is 14.9. The van der Waals surface area contributed by atoms with Crippen LogP contribution in [0, 0.1) is 5.92 Å². The van der Waals surface area contributed by atoms with Gasteiger partial charge in [0, 0.05) is 24.4 Å². The maximum atomic E-state index is 14.7. The van der Waals surface area contributed by atoms with Gasteiger partial charge < -0.3 is 20.3 Å². The van der Waals surface area contributed by atoms with Gasteiger partial charge in [-0.2, -0.15) is 15.0 Å². The average molecular weight is 798 g/mol. The Hall–Kier alpha value is -5.31. The number of benzene rings is 2. The lowest BCUT2D eigenvalue weighted by molar-refractivity contribution is -0.141. The molecule has 2 aliphatic heterocycles. The summed E-state index contributed by atoms with van der Waals surface area (Å²) < 4.78 is 33.6. The van der Waals surface area contributed by atoms with Gasteiger partial charge in [0.25, 0.3) is 5.91 Å². The highest BCUT2D eigenvalue weighted by Gasteiger charge is 2.62. The number of sulfonamides is 1. The number of nitrogens with zero attached hydrogens (tertiary/aromatic N) is 4. The van der Waals surface area contributed by atoms with Crippen LogP contribution in [0.4, 0.5) is 4.79 Å². The predicted octanol–water partition coefficient (Wildman–Crippen LogP) is 5.15. The monoisotopic (exact) mass is 797 g/mol. The van der Waals surface area contributed by atoms with Crippen LogP contribution in [0.2, 0.25) is 0 Å². The van der Waals surface area contributed by atoms with Gasteiger partial charge in [-0.1, -0.05) is 91.7 Å². The molecule has 5 atom stereocenters. The van der Waals surface area contributed by atoms with Crippen LogP contribution >= 0.6 is 0 Å². The van der Waals surface area contributed by atoms with Crippen LogP contribution in [-0.4, -0.2) is 87.1 Å². The number of fused-ring (bicyclic) bond motifs is 2. The van der Waals surface area contributed by atoms with Crippen LogP contribution in [0.3, 0.4) is 0 Å². The lowest BCUT2D eigenvalue weighted by atomic mass is 10.0. The van der Waals surface area contributed by atoms with Crippen LogP contribution < -0.4 is 15.4 Å². The van der Waals surface area contributed by atoms with Crippen molar-refractivity contribution in [2.24, 2.45) is 5.92 Å². The van der Waals surface area contributed by atoms with E-state index in [-0.39, 0.29) is 19.4 Å². The summed E-state index contributed by atoms with van der Waals surface area (Å²) in [7, 11) is -3.90. The number of allylic oxidation sites excluding steroid dienone is 1. The molecule has 3 aromatic rings. The number of aromatic nitrogens is 3. The summed E-state index contributed by atoms with van der Waals surface area (Å²) in [6, 6.07) is 16.7. The molecule has 57 heavy (non-hydrogen) atoms. The van der Waals surface area contributed by atoms with Crippen LogP contribution in [0.15, 0.2) is 72.8 Å². The van der Waals surface area contributed by atoms with Gasteiger partial charge in [-0.05, 0) is 70.9 Å². The quantitative estimate of drug-likeness (QED) is 0.260. The van der Waals surface area contributed by atoms with E-state index < -0.39 is 74.3 Å². The van der Waals surface area contributed by atoms with Crippen molar-refractivity contribution in [3.63, 3.8) is 0 Å². The minimum atomic E-state index is -3.90. The Balaban J connectivity index is 1.23. The van der Waals surface area contributed by atoms with E-state index in [1.165, 1.54) is 4.90 Å². The number of hydrogen-bond acceptors (Lipinski definition) is 9. The number of carbonyl (C=O) groups excluding carboxylic acids is 4. The van der Waals surface area contributed by atoms with Crippen molar-refractivity contribution in [1.82, 2.24) is 35.2 Å². The number of carbonyl (C=O) groups is 4. The Morgan fingerprint density at radius 3 is 2.37 bits per heavy atom. The van der Waals surface area contributed by atoms with E-state index in [2.05, 4.69) is 15.4 Å². The first-order valence-electron chi connectivity index (χ1n) is 19.8. The van der Waals surface area contributed by atoms with E-state index in [0.717, 1.165) is 24.0 Å². The van der Waals surface area contributed by atoms with Gasteiger partial charge >= 0.3 is 6.09 Å². The van der Waals surface area contributed by atoms with Crippen molar-refractivity contribution in [3.05, 3.63) is 84.1 Å². The van der Waals surface area contributed by atoms with Crippen molar-refractivity contribution in [2.75, 3.05) is 6.54 Å². The van der Waals surface area contributed by atoms with Crippen LogP contribution in [-0.2, 0) is 29.1 Å². The standard InChI is InChI=1S/C42H51N7O7S/c1-41(2,3)56-40(53)43-34-20-14-6-4-5-13-19-30-26-42(30,39(52)47-57(54,55)32-22-23-32)44-37(50)35-25-31(27-48(35)38(34)51)49-45-33(24-21-28-15-9-7-10-16-28)36(46-49)29-17-11-8-12-18-29/h7-13,15-19,21,24,30-32,34-35H,4-6,14,20,22-23,25-27H2,1-3H3,(H,43,53)(H,44,50)(H,47,52)/b19-13+,24-21+/t30-,31-,34-,35+,42-/m1/s1. The Bertz CT molecular complexity index is 2140. The fourth-order valence-electron chi connectivity index (χ4n) is 7.55. The number of hydrogen-bond donors (Lipinski definition) is 3. The second kappa shape index (κ2) is 16.3. The molecule has 0 radical (unpaired) electrons. The first-order valence-corrected chi connectivity index (χ1v) is 21.4. The molecule has 3 fully saturated rings. The Labute approximate surface area is 333 Å². The van der Waals surface area contributed by atoms with Crippen molar-refractivity contribution in [2.45, 2.75) is 113 Å². The molecule has 1 aromatic heterocycles. The molecule has 14 nitrogen and oxygen atoms in total. The molecule has 302 valence electrons. The normalized spacial score (nSPS) is 26.3. The molecule has 1 saturated heterocycles. The fourth-order valence-corrected chi connectivity index (χ4v) is 8.91. The maximum Gasteiger partial charge on any atom is 0.408 e. The summed E-state index contributed by atoms with van der Waals surface area (Å²) in [4.78, 5) is 59.1. The highest BCUT2D eigenvalue weighted by atomic mass is 32.2. The Morgan fingerprint density at radius 2 is 1.67 bits per heavy atom. The molecule has 0 unspecified atom stereocenters. The van der Waals surface area contributed by atoms with Gasteiger partial charge in [-0.25, -0.2) is 13.2 Å². The third kappa shape index (κ3) is 9.46. The lowest BCUT2D eigenvalue weighted by Gasteiger charge is -2.30. The fraction of sp³-hybridized carbons (Fsp3) is 0.476. The molecular formula is C42H51N7O7S. The molecule has 7 rings (SSSR count). The van der Waals surface area contributed by atoms with Gasteiger partial charge in [0.2, 0.25) is 21.8 Å². The van der Waals surface area contributed by atoms with E-state index in [1.807, 2.05) is 85.0 Å². The van der Waals surface area contributed by atoms with Gasteiger partial charge in [0.15, 0.2) is 0 Å². The first-order chi connectivity index (χ1) is 27.2. The number of nitrogens with one attached hydrogen (secondary N) is 3. The average Bonchev–Trinajstić information content (AvgIpc) is 4.06. The smallest absolute Gasteiger partial charge is 0.408 e. The van der Waals surface area contributed by atoms with E-state index in [9.17, 15) is 27.6 Å². The summed E-state index contributed by atoms with van der Waals surface area (Å²) in [6.07, 6.45) is 11.4. The SMILES string of the molecule is CC(C)(C)OC(=O)N[C@@H]1CCCCC/C=C/[C@@H]2C[C@@]2(C(=O)NS(=O)(=O)C2CC2)NC(=O)[C@@H]2C[C@@H](n3nc(/C=C/c4ccccc4)c(-c4ccccc4)n3)CN2C1=O. The number of rotatable bonds is 8. The zero-order valence-electron chi connectivity index (χ0n) is 32.6. The predicted molar refractivity (Wildman–Crippen MR) is 214 cm³/mol. The first kappa shape index (κ1) is 39.9. The molecule has 4 aliphatic rings. The molecule has 3 heterocycles. The topological polar surface area (TPSA) is 182 Å². The highest BCUT2D eigenvalue weighted by molar-refractivity contribution is 7.91. The lowest BCUT2D eigenvalue weighted by Crippen LogP contribution is -2.58. The second-order valence-corrected chi connectivity index (χ2v) is 18.4. The third-order valence-electron chi connectivity index (χ3n) is 10.8. The van der Waals surface area contributed by atoms with Crippen molar-refractivity contribution in [3.8, 4) is 11.3 Å². The molecule has 0 bridgehead atoms. The number of ether oxygens (including phenoxy) is 1. The maximum absolute atomic E-state index is 14.7. The zero-order valence-corrected chi connectivity index (χ0v) is 33.4. The molecule has 15 heteroatoms. The number of alkyl carbamates (subject to hydrolysis) is 1. The molecule has 2 aromatic carbocycles. The largest absolute Gasteiger partial charge is 0.444 e. The van der Waals surface area contributed by atoms with Gasteiger partial charge in [0.05, 0.1) is 11.3 Å². The van der Waals surface area contributed by atoms with Crippen molar-refractivity contribution >= 4 is 46.0 Å². The van der Waals surface area contributed by atoms with Gasteiger partial charge in [-0.3, -0.25) is 19.1 Å². The molecule has 3 N–H and O–H groups in total. The van der Waals surface area contributed by atoms with Gasteiger partial charge in [-0.15, -0.1) is 0 Å². The summed E-state index contributed by atoms with van der Waals surface area (Å²) >= 11 is 0. The van der Waals surface area contributed by atoms with E-state index >= 15 is 0 Å². The van der Waals surface area contributed by atoms with Gasteiger partial charge in [0.1, 0.15) is 34.6 Å². The molecule has 2 aliphatic carbocycles. The van der Waals surface area contributed by atoms with Crippen LogP contribution in [0.5, 0.6) is 0 Å². The molecular weight excluding hydrogens is 747 g/mol. The van der Waals surface area contributed by atoms with Crippen LogP contribution in [0.1, 0.15) is 95.9 Å². The Kier molecular flexibility index (Phi) is 11.4. The van der Waals surface area contributed by atoms with Crippen LogP contribution in [0.25, 0.3) is 23.4 Å². The molecule has 2 saturated carbocycles. The van der Waals surface area contributed by atoms with E-state index in [0.29, 0.717) is 43.5 Å². The zero-order chi connectivity index (χ0) is 40.4. The highest BCUT2D eigenvalue weighted by Crippen LogP contribution is 2.46. The third-order valence-corrected chi connectivity index (χ3v) is 12.6. The minimum Gasteiger partial charge on any atom is -0.444 e. The summed E-state index contributed by atoms with van der Waals surface area (Å²) in [6.45, 7) is 5.25. The minimum absolute atomic E-state index is 0.0345. The second-order valence-electron chi connectivity index (χ2n) is 16.5. The van der Waals surface area contributed by atoms with Crippen molar-refractivity contribution < 1.29 is 32.3 Å². The molecule has 4 amide bonds.